The summed E-state index contributed by atoms with van der Waals surface area (Å²) in [5.74, 6) is 4.56. The van der Waals surface area contributed by atoms with Gasteiger partial charge in [0, 0.05) is 27.7 Å². The SMILES string of the molecule is CC1(C)c2cc(C34C[C@H]5C[C@H](C3)C[C@@H](C4)C5)ccc2-c2c(C#N)cc(-c3nc(-c4ccccc4)nc(-c4ccccc4)n3)cc21. The smallest absolute Gasteiger partial charge is 0.164 e. The number of nitriles is 1. The number of nitrogens with zero attached hydrogens (tertiary/aromatic N) is 4. The summed E-state index contributed by atoms with van der Waals surface area (Å²) in [6, 6.07) is 34.2. The van der Waals surface area contributed by atoms with Crippen LogP contribution < -0.4 is 0 Å². The monoisotopic (exact) mass is 584 g/mol. The number of aromatic nitrogens is 3. The van der Waals surface area contributed by atoms with Gasteiger partial charge in [0.1, 0.15) is 0 Å². The Morgan fingerprint density at radius 1 is 0.622 bits per heavy atom. The summed E-state index contributed by atoms with van der Waals surface area (Å²) < 4.78 is 0. The van der Waals surface area contributed by atoms with Gasteiger partial charge in [0.05, 0.1) is 11.6 Å². The largest absolute Gasteiger partial charge is 0.208 e. The molecule has 5 aliphatic rings. The van der Waals surface area contributed by atoms with Crippen LogP contribution in [-0.2, 0) is 10.8 Å². The molecule has 4 nitrogen and oxygen atoms in total. The molecule has 1 heterocycles. The minimum absolute atomic E-state index is 0.248. The molecule has 5 aromatic rings. The Labute approximate surface area is 265 Å². The van der Waals surface area contributed by atoms with Crippen molar-refractivity contribution >= 4 is 0 Å². The van der Waals surface area contributed by atoms with Gasteiger partial charge in [0.2, 0.25) is 0 Å². The third kappa shape index (κ3) is 4.13. The molecule has 4 bridgehead atoms. The van der Waals surface area contributed by atoms with Gasteiger partial charge in [-0.1, -0.05) is 92.7 Å². The van der Waals surface area contributed by atoms with Crippen LogP contribution in [0.15, 0.2) is 91.0 Å². The van der Waals surface area contributed by atoms with Crippen molar-refractivity contribution < 1.29 is 0 Å². The van der Waals surface area contributed by atoms with E-state index in [1.54, 1.807) is 0 Å². The average molecular weight is 585 g/mol. The number of benzene rings is 4. The highest BCUT2D eigenvalue weighted by molar-refractivity contribution is 5.87. The molecule has 1 aromatic heterocycles. The highest BCUT2D eigenvalue weighted by Gasteiger charge is 2.52. The first-order valence-electron chi connectivity index (χ1n) is 16.5. The molecule has 0 radical (unpaired) electrons. The number of fused-ring (bicyclic) bond motifs is 3. The summed E-state index contributed by atoms with van der Waals surface area (Å²) in [7, 11) is 0. The molecule has 4 heteroatoms. The first-order valence-corrected chi connectivity index (χ1v) is 16.5. The second-order valence-electron chi connectivity index (χ2n) is 14.7. The van der Waals surface area contributed by atoms with Crippen LogP contribution in [0.3, 0.4) is 0 Å². The van der Waals surface area contributed by atoms with Crippen LogP contribution >= 0.6 is 0 Å². The Morgan fingerprint density at radius 2 is 1.16 bits per heavy atom. The second-order valence-corrected chi connectivity index (χ2v) is 14.7. The minimum atomic E-state index is -0.248. The third-order valence-electron chi connectivity index (χ3n) is 11.5. The molecule has 45 heavy (non-hydrogen) atoms. The van der Waals surface area contributed by atoms with Crippen molar-refractivity contribution in [2.45, 2.75) is 63.2 Å². The average Bonchev–Trinajstić information content (AvgIpc) is 3.30. The molecule has 4 fully saturated rings. The first-order chi connectivity index (χ1) is 21.9. The molecule has 0 unspecified atom stereocenters. The Morgan fingerprint density at radius 3 is 1.69 bits per heavy atom. The van der Waals surface area contributed by atoms with Gasteiger partial charge in [-0.25, -0.2) is 15.0 Å². The van der Waals surface area contributed by atoms with E-state index in [2.05, 4.69) is 44.2 Å². The van der Waals surface area contributed by atoms with E-state index in [1.807, 2.05) is 66.7 Å². The topological polar surface area (TPSA) is 62.5 Å². The standard InChI is InChI=1S/C41H36N4/c1-40(2)34-20-32(41-21-25-15-26(22-41)17-27(16-25)23-41)13-14-33(34)36-31(24-42)18-30(19-35(36)40)39-44-37(28-9-5-3-6-10-28)43-38(45-39)29-11-7-4-8-12-29/h3-14,18-20,25-27H,15-17,21-23H2,1-2H3/t25-,26-,27-,41?. The van der Waals surface area contributed by atoms with Crippen LogP contribution in [0.1, 0.15) is 74.6 Å². The lowest BCUT2D eigenvalue weighted by Crippen LogP contribution is -2.48. The molecule has 5 aliphatic carbocycles. The summed E-state index contributed by atoms with van der Waals surface area (Å²) in [5.41, 5.74) is 9.83. The lowest BCUT2D eigenvalue weighted by atomic mass is 9.48. The van der Waals surface area contributed by atoms with Crippen molar-refractivity contribution in [3.63, 3.8) is 0 Å². The van der Waals surface area contributed by atoms with Crippen molar-refractivity contribution in [1.82, 2.24) is 15.0 Å². The molecular formula is C41H36N4. The fraction of sp³-hybridized carbons (Fsp3) is 0.317. The van der Waals surface area contributed by atoms with Gasteiger partial charge in [-0.05, 0) is 96.1 Å². The molecule has 4 saturated carbocycles. The quantitative estimate of drug-likeness (QED) is 0.211. The van der Waals surface area contributed by atoms with E-state index >= 15 is 0 Å². The van der Waals surface area contributed by atoms with E-state index in [9.17, 15) is 5.26 Å². The third-order valence-corrected chi connectivity index (χ3v) is 11.5. The lowest BCUT2D eigenvalue weighted by Gasteiger charge is -2.57. The lowest BCUT2D eigenvalue weighted by molar-refractivity contribution is -0.00522. The van der Waals surface area contributed by atoms with Crippen LogP contribution in [0.4, 0.5) is 0 Å². The summed E-state index contributed by atoms with van der Waals surface area (Å²) in [6.07, 6.45) is 8.41. The molecule has 0 saturated heterocycles. The van der Waals surface area contributed by atoms with Gasteiger partial charge < -0.3 is 0 Å². The summed E-state index contributed by atoms with van der Waals surface area (Å²) in [6.45, 7) is 4.65. The van der Waals surface area contributed by atoms with Crippen LogP contribution in [0, 0.1) is 29.1 Å². The number of hydrogen-bond donors (Lipinski definition) is 0. The highest BCUT2D eigenvalue weighted by atomic mass is 15.0. The molecule has 0 amide bonds. The molecule has 0 aliphatic heterocycles. The van der Waals surface area contributed by atoms with Gasteiger partial charge in [0.15, 0.2) is 17.5 Å². The number of hydrogen-bond acceptors (Lipinski definition) is 4. The molecule has 4 aromatic carbocycles. The molecule has 0 atom stereocenters. The minimum Gasteiger partial charge on any atom is -0.208 e. The van der Waals surface area contributed by atoms with Gasteiger partial charge in [-0.2, -0.15) is 5.26 Å². The normalized spacial score (nSPS) is 25.0. The van der Waals surface area contributed by atoms with Gasteiger partial charge in [-0.15, -0.1) is 0 Å². The van der Waals surface area contributed by atoms with Crippen LogP contribution in [-0.4, -0.2) is 15.0 Å². The van der Waals surface area contributed by atoms with Gasteiger partial charge >= 0.3 is 0 Å². The molecular weight excluding hydrogens is 548 g/mol. The van der Waals surface area contributed by atoms with Crippen LogP contribution in [0.2, 0.25) is 0 Å². The Hall–Kier alpha value is -4.62. The van der Waals surface area contributed by atoms with Crippen LogP contribution in [0.5, 0.6) is 0 Å². The summed E-state index contributed by atoms with van der Waals surface area (Å²) in [4.78, 5) is 14.8. The maximum Gasteiger partial charge on any atom is 0.164 e. The summed E-state index contributed by atoms with van der Waals surface area (Å²) >= 11 is 0. The van der Waals surface area contributed by atoms with E-state index < -0.39 is 0 Å². The van der Waals surface area contributed by atoms with Crippen molar-refractivity contribution in [1.29, 1.82) is 5.26 Å². The zero-order valence-corrected chi connectivity index (χ0v) is 25.9. The predicted octanol–water partition coefficient (Wildman–Crippen LogP) is 9.52. The predicted molar refractivity (Wildman–Crippen MR) is 178 cm³/mol. The van der Waals surface area contributed by atoms with E-state index in [0.29, 0.717) is 28.5 Å². The maximum absolute atomic E-state index is 10.5. The second kappa shape index (κ2) is 9.69. The maximum atomic E-state index is 10.5. The van der Waals surface area contributed by atoms with E-state index in [0.717, 1.165) is 40.0 Å². The Kier molecular flexibility index (Phi) is 5.76. The first kappa shape index (κ1) is 26.8. The van der Waals surface area contributed by atoms with E-state index in [4.69, 9.17) is 15.0 Å². The van der Waals surface area contributed by atoms with Crippen molar-refractivity contribution in [3.8, 4) is 51.4 Å². The Bertz CT molecular complexity index is 1930. The van der Waals surface area contributed by atoms with E-state index in [1.165, 1.54) is 60.8 Å². The zero-order chi connectivity index (χ0) is 30.3. The van der Waals surface area contributed by atoms with Gasteiger partial charge in [0.25, 0.3) is 0 Å². The molecule has 220 valence electrons. The van der Waals surface area contributed by atoms with Crippen molar-refractivity contribution in [2.24, 2.45) is 17.8 Å². The molecule has 0 spiro atoms. The van der Waals surface area contributed by atoms with Crippen molar-refractivity contribution in [2.75, 3.05) is 0 Å². The molecule has 10 rings (SSSR count). The highest BCUT2D eigenvalue weighted by Crippen LogP contribution is 2.62. The van der Waals surface area contributed by atoms with E-state index in [-0.39, 0.29) is 5.41 Å². The fourth-order valence-electron chi connectivity index (χ4n) is 9.80. The molecule has 0 N–H and O–H groups in total. The van der Waals surface area contributed by atoms with Crippen molar-refractivity contribution in [3.05, 3.63) is 113 Å². The fourth-order valence-corrected chi connectivity index (χ4v) is 9.80. The van der Waals surface area contributed by atoms with Crippen LogP contribution in [0.25, 0.3) is 45.3 Å². The Balaban J connectivity index is 1.18. The van der Waals surface area contributed by atoms with Gasteiger partial charge in [-0.3, -0.25) is 0 Å². The number of rotatable bonds is 4. The zero-order valence-electron chi connectivity index (χ0n) is 25.9. The summed E-state index contributed by atoms with van der Waals surface area (Å²) in [5, 5.41) is 10.5.